The summed E-state index contributed by atoms with van der Waals surface area (Å²) < 4.78 is 19.5. The highest BCUT2D eigenvalue weighted by Crippen LogP contribution is 2.24. The van der Waals surface area contributed by atoms with Crippen molar-refractivity contribution in [2.24, 2.45) is 0 Å². The molecule has 2 aromatic carbocycles. The van der Waals surface area contributed by atoms with E-state index >= 15 is 0 Å². The first-order valence-corrected chi connectivity index (χ1v) is 6.88. The van der Waals surface area contributed by atoms with Gasteiger partial charge in [0.05, 0.1) is 16.8 Å². The topological polar surface area (TPSA) is 21.3 Å². The van der Waals surface area contributed by atoms with Crippen molar-refractivity contribution in [3.8, 4) is 5.75 Å². The van der Waals surface area contributed by atoms with Crippen LogP contribution < -0.4 is 10.1 Å². The van der Waals surface area contributed by atoms with Gasteiger partial charge in [0.15, 0.2) is 5.82 Å². The van der Waals surface area contributed by atoms with Gasteiger partial charge in [-0.05, 0) is 32.0 Å². The fraction of sp³-hybridized carbons (Fsp3) is 0.250. The smallest absolute Gasteiger partial charge is 0.164 e. The third kappa shape index (κ3) is 3.64. The molecular formula is C16H17ClFNO. The molecule has 0 heterocycles. The lowest BCUT2D eigenvalue weighted by molar-refractivity contribution is 0.240. The number of anilines is 1. The molecule has 0 spiro atoms. The summed E-state index contributed by atoms with van der Waals surface area (Å²) >= 11 is 5.76. The van der Waals surface area contributed by atoms with Crippen molar-refractivity contribution in [1.82, 2.24) is 0 Å². The molecule has 0 aliphatic rings. The quantitative estimate of drug-likeness (QED) is 0.848. The third-order valence-corrected chi connectivity index (χ3v) is 3.05. The number of benzene rings is 2. The Morgan fingerprint density at radius 1 is 1.15 bits per heavy atom. The molecule has 4 heteroatoms. The predicted octanol–water partition coefficient (Wildman–Crippen LogP) is 4.88. The molecule has 0 atom stereocenters. The van der Waals surface area contributed by atoms with Gasteiger partial charge < -0.3 is 10.1 Å². The maximum Gasteiger partial charge on any atom is 0.164 e. The Morgan fingerprint density at radius 2 is 1.90 bits per heavy atom. The summed E-state index contributed by atoms with van der Waals surface area (Å²) in [5.41, 5.74) is 1.36. The molecule has 20 heavy (non-hydrogen) atoms. The van der Waals surface area contributed by atoms with Crippen LogP contribution in [0, 0.1) is 5.82 Å². The van der Waals surface area contributed by atoms with Crippen molar-refractivity contribution in [1.29, 1.82) is 0 Å². The molecule has 0 aromatic heterocycles. The number of ether oxygens (including phenoxy) is 1. The van der Waals surface area contributed by atoms with Crippen LogP contribution in [0.5, 0.6) is 5.75 Å². The molecule has 0 bridgehead atoms. The van der Waals surface area contributed by atoms with Crippen molar-refractivity contribution in [2.75, 3.05) is 5.32 Å². The lowest BCUT2D eigenvalue weighted by Crippen LogP contribution is -2.09. The Bertz CT molecular complexity index is 586. The molecule has 0 amide bonds. The molecule has 0 aliphatic heterocycles. The Kier molecular flexibility index (Phi) is 4.85. The van der Waals surface area contributed by atoms with Crippen LogP contribution in [0.4, 0.5) is 10.1 Å². The van der Waals surface area contributed by atoms with Gasteiger partial charge in [0.1, 0.15) is 5.75 Å². The Hall–Kier alpha value is -1.74. The molecule has 0 saturated carbocycles. The maximum absolute atomic E-state index is 13.8. The van der Waals surface area contributed by atoms with Crippen LogP contribution in [0.2, 0.25) is 5.02 Å². The highest BCUT2D eigenvalue weighted by atomic mass is 35.5. The van der Waals surface area contributed by atoms with E-state index in [1.54, 1.807) is 12.1 Å². The summed E-state index contributed by atoms with van der Waals surface area (Å²) in [4.78, 5) is 0. The van der Waals surface area contributed by atoms with Gasteiger partial charge in [0, 0.05) is 12.1 Å². The van der Waals surface area contributed by atoms with Gasteiger partial charge in [0.2, 0.25) is 0 Å². The third-order valence-electron chi connectivity index (χ3n) is 2.76. The van der Waals surface area contributed by atoms with Gasteiger partial charge in [0.25, 0.3) is 0 Å². The van der Waals surface area contributed by atoms with Crippen LogP contribution in [0.25, 0.3) is 0 Å². The SMILES string of the molecule is CC(C)Oc1ccccc1CNc1cccc(Cl)c1F. The number of nitrogens with one attached hydrogen (secondary N) is 1. The van der Waals surface area contributed by atoms with E-state index in [1.807, 2.05) is 38.1 Å². The summed E-state index contributed by atoms with van der Waals surface area (Å²) in [6, 6.07) is 12.6. The van der Waals surface area contributed by atoms with Gasteiger partial charge in [-0.25, -0.2) is 4.39 Å². The molecule has 0 fully saturated rings. The van der Waals surface area contributed by atoms with Gasteiger partial charge in [-0.2, -0.15) is 0 Å². The average Bonchev–Trinajstić information content (AvgIpc) is 2.41. The molecule has 2 aromatic rings. The highest BCUT2D eigenvalue weighted by molar-refractivity contribution is 6.31. The van der Waals surface area contributed by atoms with Crippen LogP contribution in [0.3, 0.4) is 0 Å². The summed E-state index contributed by atoms with van der Waals surface area (Å²) in [5, 5.41) is 3.16. The first-order chi connectivity index (χ1) is 9.58. The largest absolute Gasteiger partial charge is 0.491 e. The second-order valence-electron chi connectivity index (χ2n) is 4.73. The van der Waals surface area contributed by atoms with Crippen molar-refractivity contribution < 1.29 is 9.13 Å². The molecule has 2 nitrogen and oxygen atoms in total. The van der Waals surface area contributed by atoms with Crippen LogP contribution in [-0.4, -0.2) is 6.10 Å². The summed E-state index contributed by atoms with van der Waals surface area (Å²) in [6.45, 7) is 4.42. The molecule has 0 saturated heterocycles. The van der Waals surface area contributed by atoms with Crippen molar-refractivity contribution in [3.05, 3.63) is 58.9 Å². The van der Waals surface area contributed by atoms with Gasteiger partial charge in [-0.15, -0.1) is 0 Å². The zero-order valence-corrected chi connectivity index (χ0v) is 12.2. The van der Waals surface area contributed by atoms with E-state index in [4.69, 9.17) is 16.3 Å². The van der Waals surface area contributed by atoms with Crippen molar-refractivity contribution in [2.45, 2.75) is 26.5 Å². The predicted molar refractivity (Wildman–Crippen MR) is 80.9 cm³/mol. The van der Waals surface area contributed by atoms with E-state index in [9.17, 15) is 4.39 Å². The monoisotopic (exact) mass is 293 g/mol. The molecule has 0 unspecified atom stereocenters. The normalized spacial score (nSPS) is 10.7. The number of rotatable bonds is 5. The summed E-state index contributed by atoms with van der Waals surface area (Å²) in [5.74, 6) is 0.369. The zero-order chi connectivity index (χ0) is 14.5. The van der Waals surface area contributed by atoms with Crippen molar-refractivity contribution >= 4 is 17.3 Å². The molecular weight excluding hydrogens is 277 g/mol. The van der Waals surface area contributed by atoms with Crippen LogP contribution >= 0.6 is 11.6 Å². The van der Waals surface area contributed by atoms with E-state index in [0.29, 0.717) is 12.2 Å². The lowest BCUT2D eigenvalue weighted by atomic mass is 10.2. The number of halogens is 2. The maximum atomic E-state index is 13.8. The van der Waals surface area contributed by atoms with Gasteiger partial charge in [-0.1, -0.05) is 35.9 Å². The minimum atomic E-state index is -0.434. The minimum Gasteiger partial charge on any atom is -0.491 e. The van der Waals surface area contributed by atoms with Crippen LogP contribution in [-0.2, 0) is 6.54 Å². The Labute approximate surface area is 123 Å². The first-order valence-electron chi connectivity index (χ1n) is 6.50. The minimum absolute atomic E-state index is 0.0963. The number of hydrogen-bond donors (Lipinski definition) is 1. The molecule has 106 valence electrons. The van der Waals surface area contributed by atoms with E-state index < -0.39 is 5.82 Å². The fourth-order valence-corrected chi connectivity index (χ4v) is 2.02. The lowest BCUT2D eigenvalue weighted by Gasteiger charge is -2.15. The van der Waals surface area contributed by atoms with E-state index in [1.165, 1.54) is 6.07 Å². The standard InChI is InChI=1S/C16H17ClFNO/c1-11(2)20-15-9-4-3-6-12(15)10-19-14-8-5-7-13(17)16(14)18/h3-9,11,19H,10H2,1-2H3. The average molecular weight is 294 g/mol. The molecule has 1 N–H and O–H groups in total. The van der Waals surface area contributed by atoms with Crippen LogP contribution in [0.1, 0.15) is 19.4 Å². The van der Waals surface area contributed by atoms with Gasteiger partial charge >= 0.3 is 0 Å². The molecule has 0 radical (unpaired) electrons. The van der Waals surface area contributed by atoms with E-state index in [0.717, 1.165) is 11.3 Å². The Balaban J connectivity index is 2.13. The van der Waals surface area contributed by atoms with E-state index in [-0.39, 0.29) is 11.1 Å². The van der Waals surface area contributed by atoms with Crippen LogP contribution in [0.15, 0.2) is 42.5 Å². The van der Waals surface area contributed by atoms with Gasteiger partial charge in [-0.3, -0.25) is 0 Å². The fourth-order valence-electron chi connectivity index (χ4n) is 1.85. The highest BCUT2D eigenvalue weighted by Gasteiger charge is 2.08. The second-order valence-corrected chi connectivity index (χ2v) is 5.14. The number of para-hydroxylation sites is 1. The molecule has 0 aliphatic carbocycles. The zero-order valence-electron chi connectivity index (χ0n) is 11.5. The number of hydrogen-bond acceptors (Lipinski definition) is 2. The molecule has 2 rings (SSSR count). The van der Waals surface area contributed by atoms with Crippen molar-refractivity contribution in [3.63, 3.8) is 0 Å². The second kappa shape index (κ2) is 6.62. The Morgan fingerprint density at radius 3 is 2.65 bits per heavy atom. The van der Waals surface area contributed by atoms with E-state index in [2.05, 4.69) is 5.32 Å². The summed E-state index contributed by atoms with van der Waals surface area (Å²) in [7, 11) is 0. The first kappa shape index (κ1) is 14.7. The summed E-state index contributed by atoms with van der Waals surface area (Å²) in [6.07, 6.45) is 0.0963.